The summed E-state index contributed by atoms with van der Waals surface area (Å²) >= 11 is 5.47. The molecular formula is C12H8ClF2N3O4. The van der Waals surface area contributed by atoms with Gasteiger partial charge in [-0.1, -0.05) is 11.6 Å². The number of hydrogen-bond acceptors (Lipinski definition) is 5. The number of carbonyl (C=O) groups is 1. The first-order valence-corrected chi connectivity index (χ1v) is 6.28. The molecule has 0 aliphatic heterocycles. The van der Waals surface area contributed by atoms with Gasteiger partial charge in [0, 0.05) is 5.02 Å². The Bertz CT molecular complexity index is 839. The molecule has 0 spiro atoms. The van der Waals surface area contributed by atoms with Crippen molar-refractivity contribution in [3.63, 3.8) is 0 Å². The summed E-state index contributed by atoms with van der Waals surface area (Å²) in [5, 5.41) is 4.79. The van der Waals surface area contributed by atoms with Crippen molar-refractivity contribution < 1.29 is 18.3 Å². The second-order valence-electron chi connectivity index (χ2n) is 3.96. The third-order valence-electron chi connectivity index (χ3n) is 2.55. The fourth-order valence-corrected chi connectivity index (χ4v) is 1.87. The zero-order valence-corrected chi connectivity index (χ0v) is 11.8. The first-order chi connectivity index (χ1) is 10.4. The van der Waals surface area contributed by atoms with Crippen molar-refractivity contribution in [1.29, 1.82) is 0 Å². The molecule has 0 saturated carbocycles. The van der Waals surface area contributed by atoms with E-state index in [0.29, 0.717) is 0 Å². The Morgan fingerprint density at radius 1 is 1.36 bits per heavy atom. The van der Waals surface area contributed by atoms with Gasteiger partial charge in [0.05, 0.1) is 6.61 Å². The van der Waals surface area contributed by atoms with Crippen LogP contribution in [0.5, 0.6) is 0 Å². The number of aromatic amines is 1. The third-order valence-corrected chi connectivity index (χ3v) is 2.76. The van der Waals surface area contributed by atoms with E-state index in [1.165, 1.54) is 6.92 Å². The number of rotatable bonds is 3. The van der Waals surface area contributed by atoms with E-state index < -0.39 is 40.2 Å². The van der Waals surface area contributed by atoms with E-state index in [1.54, 1.807) is 5.10 Å². The number of carbonyl (C=O) groups excluding carboxylic acids is 1. The lowest BCUT2D eigenvalue weighted by Gasteiger charge is -2.08. The SMILES string of the molecule is CCOC(=O)c1n[nH]c(=O)n(-c2c(F)cc(Cl)cc2F)c1=O. The van der Waals surface area contributed by atoms with Crippen LogP contribution in [-0.4, -0.2) is 27.3 Å². The Balaban J connectivity index is 2.77. The molecule has 1 heterocycles. The summed E-state index contributed by atoms with van der Waals surface area (Å²) < 4.78 is 32.4. The second-order valence-corrected chi connectivity index (χ2v) is 4.39. The van der Waals surface area contributed by atoms with Crippen molar-refractivity contribution in [3.8, 4) is 5.69 Å². The predicted molar refractivity (Wildman–Crippen MR) is 71.3 cm³/mol. The first kappa shape index (κ1) is 15.8. The van der Waals surface area contributed by atoms with E-state index in [1.807, 2.05) is 0 Å². The average molecular weight is 332 g/mol. The van der Waals surface area contributed by atoms with Gasteiger partial charge in [0.1, 0.15) is 5.69 Å². The fourth-order valence-electron chi connectivity index (χ4n) is 1.68. The largest absolute Gasteiger partial charge is 0.461 e. The normalized spacial score (nSPS) is 10.5. The third kappa shape index (κ3) is 2.75. The van der Waals surface area contributed by atoms with Gasteiger partial charge in [0.25, 0.3) is 5.56 Å². The molecule has 2 aromatic rings. The summed E-state index contributed by atoms with van der Waals surface area (Å²) in [4.78, 5) is 35.4. The highest BCUT2D eigenvalue weighted by Gasteiger charge is 2.22. The Morgan fingerprint density at radius 2 is 1.95 bits per heavy atom. The van der Waals surface area contributed by atoms with Crippen LogP contribution in [0, 0.1) is 11.6 Å². The number of H-pyrrole nitrogens is 1. The van der Waals surface area contributed by atoms with Crippen molar-refractivity contribution >= 4 is 17.6 Å². The van der Waals surface area contributed by atoms with Crippen molar-refractivity contribution in [2.45, 2.75) is 6.92 Å². The Labute approximate surface area is 126 Å². The summed E-state index contributed by atoms with van der Waals surface area (Å²) in [6.45, 7) is 1.43. The molecular weight excluding hydrogens is 324 g/mol. The molecule has 0 aliphatic carbocycles. The van der Waals surface area contributed by atoms with E-state index in [9.17, 15) is 23.2 Å². The molecule has 0 unspecified atom stereocenters. The molecule has 0 aliphatic rings. The quantitative estimate of drug-likeness (QED) is 0.848. The van der Waals surface area contributed by atoms with Gasteiger partial charge in [-0.2, -0.15) is 5.10 Å². The van der Waals surface area contributed by atoms with Gasteiger partial charge >= 0.3 is 11.7 Å². The molecule has 1 aromatic carbocycles. The zero-order valence-electron chi connectivity index (χ0n) is 11.0. The molecule has 0 fully saturated rings. The van der Waals surface area contributed by atoms with E-state index >= 15 is 0 Å². The van der Waals surface area contributed by atoms with E-state index in [-0.39, 0.29) is 16.2 Å². The van der Waals surface area contributed by atoms with Crippen molar-refractivity contribution in [2.24, 2.45) is 0 Å². The number of hydrogen-bond donors (Lipinski definition) is 1. The van der Waals surface area contributed by atoms with Crippen molar-refractivity contribution in [1.82, 2.24) is 14.8 Å². The molecule has 0 radical (unpaired) electrons. The number of nitrogens with zero attached hydrogens (tertiary/aromatic N) is 2. The maximum atomic E-state index is 13.9. The van der Waals surface area contributed by atoms with E-state index in [0.717, 1.165) is 12.1 Å². The van der Waals surface area contributed by atoms with Gasteiger partial charge in [-0.05, 0) is 19.1 Å². The predicted octanol–water partition coefficient (Wildman–Crippen LogP) is 1.03. The van der Waals surface area contributed by atoms with Crippen LogP contribution in [-0.2, 0) is 4.74 Å². The van der Waals surface area contributed by atoms with Gasteiger partial charge in [-0.25, -0.2) is 28.0 Å². The Hall–Kier alpha value is -2.55. The molecule has 2 rings (SSSR count). The van der Waals surface area contributed by atoms with Crippen LogP contribution in [0.4, 0.5) is 8.78 Å². The maximum Gasteiger partial charge on any atom is 0.364 e. The molecule has 0 amide bonds. The van der Waals surface area contributed by atoms with Crippen LogP contribution in [0.25, 0.3) is 5.69 Å². The van der Waals surface area contributed by atoms with Crippen LogP contribution >= 0.6 is 11.6 Å². The zero-order chi connectivity index (χ0) is 16.4. The summed E-state index contributed by atoms with van der Waals surface area (Å²) in [6.07, 6.45) is 0. The lowest BCUT2D eigenvalue weighted by Crippen LogP contribution is -2.40. The number of aromatic nitrogens is 3. The van der Waals surface area contributed by atoms with Crippen LogP contribution in [0.2, 0.25) is 5.02 Å². The highest BCUT2D eigenvalue weighted by molar-refractivity contribution is 6.30. The van der Waals surface area contributed by atoms with Crippen molar-refractivity contribution in [3.05, 3.63) is 55.3 Å². The molecule has 0 bridgehead atoms. The fraction of sp³-hybridized carbons (Fsp3) is 0.167. The average Bonchev–Trinajstić information content (AvgIpc) is 2.41. The molecule has 1 N–H and O–H groups in total. The van der Waals surface area contributed by atoms with Crippen LogP contribution in [0.1, 0.15) is 17.4 Å². The van der Waals surface area contributed by atoms with Crippen LogP contribution in [0.15, 0.2) is 21.7 Å². The summed E-state index contributed by atoms with van der Waals surface area (Å²) in [5.74, 6) is -3.63. The number of benzene rings is 1. The minimum absolute atomic E-state index is 0.0528. The molecule has 22 heavy (non-hydrogen) atoms. The highest BCUT2D eigenvalue weighted by Crippen LogP contribution is 2.20. The smallest absolute Gasteiger partial charge is 0.364 e. The topological polar surface area (TPSA) is 94.0 Å². The molecule has 0 saturated heterocycles. The van der Waals surface area contributed by atoms with Crippen LogP contribution in [0.3, 0.4) is 0 Å². The maximum absolute atomic E-state index is 13.9. The summed E-state index contributed by atoms with van der Waals surface area (Å²) in [5.41, 5.74) is -4.32. The number of nitrogens with one attached hydrogen (secondary N) is 1. The van der Waals surface area contributed by atoms with Gasteiger partial charge < -0.3 is 4.74 Å². The van der Waals surface area contributed by atoms with Gasteiger partial charge in [0.2, 0.25) is 5.69 Å². The van der Waals surface area contributed by atoms with E-state index in [4.69, 9.17) is 11.6 Å². The first-order valence-electron chi connectivity index (χ1n) is 5.90. The monoisotopic (exact) mass is 331 g/mol. The molecule has 10 heteroatoms. The molecule has 116 valence electrons. The standard InChI is InChI=1S/C12H8ClF2N3O4/c1-2-22-11(20)8-10(19)18(12(21)17-16-8)9-6(14)3-5(13)4-7(9)15/h3-4H,2H2,1H3,(H,17,21). The second kappa shape index (κ2) is 6.06. The van der Waals surface area contributed by atoms with Gasteiger partial charge in [0.15, 0.2) is 11.6 Å². The molecule has 0 atom stereocenters. The number of halogens is 3. The minimum Gasteiger partial charge on any atom is -0.461 e. The summed E-state index contributed by atoms with van der Waals surface area (Å²) in [7, 11) is 0. The molecule has 1 aromatic heterocycles. The molecule has 7 nitrogen and oxygen atoms in total. The summed E-state index contributed by atoms with van der Waals surface area (Å²) in [6, 6.07) is 1.44. The highest BCUT2D eigenvalue weighted by atomic mass is 35.5. The number of esters is 1. The van der Waals surface area contributed by atoms with Crippen LogP contribution < -0.4 is 11.2 Å². The van der Waals surface area contributed by atoms with Gasteiger partial charge in [-0.3, -0.25) is 4.79 Å². The Morgan fingerprint density at radius 3 is 2.50 bits per heavy atom. The minimum atomic E-state index is -1.32. The van der Waals surface area contributed by atoms with Crippen molar-refractivity contribution in [2.75, 3.05) is 6.61 Å². The lowest BCUT2D eigenvalue weighted by molar-refractivity contribution is 0.0514. The number of ether oxygens (including phenoxy) is 1. The Kier molecular flexibility index (Phi) is 4.36. The van der Waals surface area contributed by atoms with Gasteiger partial charge in [-0.15, -0.1) is 0 Å². The van der Waals surface area contributed by atoms with E-state index in [2.05, 4.69) is 9.84 Å². The lowest BCUT2D eigenvalue weighted by atomic mass is 10.3.